The summed E-state index contributed by atoms with van der Waals surface area (Å²) in [7, 11) is 0. The highest BCUT2D eigenvalue weighted by molar-refractivity contribution is 8.13. The van der Waals surface area contributed by atoms with Crippen LogP contribution in [0.2, 0.25) is 0 Å². The van der Waals surface area contributed by atoms with Crippen molar-refractivity contribution in [2.75, 3.05) is 42.6 Å². The van der Waals surface area contributed by atoms with Gasteiger partial charge in [0.1, 0.15) is 30.7 Å². The Hall–Kier alpha value is -6.25. The van der Waals surface area contributed by atoms with Crippen molar-refractivity contribution in [3.05, 3.63) is 102 Å². The highest BCUT2D eigenvalue weighted by Gasteiger charge is 2.39. The van der Waals surface area contributed by atoms with E-state index in [9.17, 15) is 53.4 Å². The lowest BCUT2D eigenvalue weighted by Crippen LogP contribution is -2.53. The highest BCUT2D eigenvalue weighted by atomic mass is 32.2. The number of nitrogens with one attached hydrogen (secondary N) is 2. The van der Waals surface area contributed by atoms with Gasteiger partial charge in [0.2, 0.25) is 23.6 Å². The second kappa shape index (κ2) is 30.1. The third kappa shape index (κ3) is 18.3. The lowest BCUT2D eigenvalue weighted by Gasteiger charge is -2.27. The van der Waals surface area contributed by atoms with Crippen molar-refractivity contribution in [1.82, 2.24) is 20.4 Å². The molecule has 0 radical (unpaired) electrons. The van der Waals surface area contributed by atoms with Crippen LogP contribution >= 0.6 is 24.4 Å². The zero-order chi connectivity index (χ0) is 53.6. The number of aliphatic carboxylic acids is 3. The zero-order valence-corrected chi connectivity index (χ0v) is 43.6. The van der Waals surface area contributed by atoms with Gasteiger partial charge in [0.15, 0.2) is 5.12 Å². The van der Waals surface area contributed by atoms with Crippen LogP contribution in [0.15, 0.2) is 84.9 Å². The molecule has 0 bridgehead atoms. The predicted octanol–water partition coefficient (Wildman–Crippen LogP) is 4.91. The lowest BCUT2D eigenvalue weighted by atomic mass is 10.0. The van der Waals surface area contributed by atoms with Crippen LogP contribution in [0.5, 0.6) is 0 Å². The van der Waals surface area contributed by atoms with E-state index >= 15 is 0 Å². The number of nitrogens with zero attached hydrogens (tertiary/aromatic N) is 3. The average molecular weight is 1050 g/mol. The molecule has 4 amide bonds. The van der Waals surface area contributed by atoms with Gasteiger partial charge in [0.25, 0.3) is 0 Å². The molecule has 0 aromatic heterocycles. The molecule has 3 heterocycles. The second-order valence-electron chi connectivity index (χ2n) is 18.1. The molecule has 0 spiro atoms. The van der Waals surface area contributed by atoms with Crippen molar-refractivity contribution < 1.29 is 63.2 Å². The van der Waals surface area contributed by atoms with Gasteiger partial charge in [-0.2, -0.15) is 12.6 Å². The molecule has 0 saturated carbocycles. The maximum atomic E-state index is 13.3. The third-order valence-electron chi connectivity index (χ3n) is 12.6. The Kier molecular flexibility index (Phi) is 24.4. The minimum Gasteiger partial charge on any atom is -0.480 e. The van der Waals surface area contributed by atoms with Gasteiger partial charge in [-0.3, -0.25) is 43.8 Å². The molecule has 3 aliphatic heterocycles. The smallest absolute Gasteiger partial charge is 0.326 e. The van der Waals surface area contributed by atoms with Gasteiger partial charge < -0.3 is 35.2 Å². The predicted molar refractivity (Wildman–Crippen MR) is 279 cm³/mol. The number of anilines is 1. The van der Waals surface area contributed by atoms with E-state index in [4.69, 9.17) is 9.84 Å². The average Bonchev–Trinajstić information content (AvgIpc) is 4.07. The third-order valence-corrected chi connectivity index (χ3v) is 14.2. The molecule has 6 rings (SSSR count). The normalized spacial score (nSPS) is 18.7. The van der Waals surface area contributed by atoms with E-state index in [1.54, 1.807) is 32.9 Å². The minimum atomic E-state index is -1.11. The fourth-order valence-corrected chi connectivity index (χ4v) is 9.53. The number of carboxylic acids is 3. The van der Waals surface area contributed by atoms with Gasteiger partial charge >= 0.3 is 23.9 Å². The van der Waals surface area contributed by atoms with Crippen molar-refractivity contribution in [3.63, 3.8) is 0 Å². The Labute approximate surface area is 436 Å². The molecule has 3 aromatic carbocycles. The van der Waals surface area contributed by atoms with Gasteiger partial charge in [-0.1, -0.05) is 104 Å². The molecule has 5 N–H and O–H groups in total. The van der Waals surface area contributed by atoms with Gasteiger partial charge in [-0.05, 0) is 81.0 Å². The molecule has 0 unspecified atom stereocenters. The monoisotopic (exact) mass is 1050 g/mol. The molecule has 0 aliphatic carbocycles. The van der Waals surface area contributed by atoms with E-state index in [2.05, 4.69) is 23.3 Å². The number of carboxylic acid groups (broad SMARTS) is 3. The SMILES string of the molecule is CC(=O)SC[C@@H](C)C(=O)N1CCC[C@H]1C(=O)N[C@@H](Cc1ccccc1)C(=O)O.CCOC(=O)[C@H](CCc1ccccc1)N[C@H]1CCc2ccccc2N(CC(=O)O)C1=O.C[C@H](CS)C(=O)N1CCC[C@H]1C(=O)O. The van der Waals surface area contributed by atoms with E-state index in [1.807, 2.05) is 72.8 Å². The molecule has 20 heteroatoms. The maximum Gasteiger partial charge on any atom is 0.326 e. The van der Waals surface area contributed by atoms with Gasteiger partial charge in [0, 0.05) is 55.5 Å². The Morgan fingerprint density at radius 1 is 0.767 bits per heavy atom. The van der Waals surface area contributed by atoms with E-state index in [0.29, 0.717) is 75.2 Å². The fraction of sp³-hybridized carbons (Fsp3) is 0.491. The number of hydrogen-bond donors (Lipinski definition) is 6. The van der Waals surface area contributed by atoms with Crippen LogP contribution in [0.3, 0.4) is 0 Å². The number of amides is 4. The molecule has 18 nitrogen and oxygen atoms in total. The minimum absolute atomic E-state index is 0.0550. The lowest BCUT2D eigenvalue weighted by molar-refractivity contribution is -0.149. The van der Waals surface area contributed by atoms with Gasteiger partial charge in [-0.25, -0.2) is 9.59 Å². The highest BCUT2D eigenvalue weighted by Crippen LogP contribution is 2.28. The van der Waals surface area contributed by atoms with Crippen LogP contribution in [0.1, 0.15) is 82.9 Å². The number of rotatable bonds is 20. The summed E-state index contributed by atoms with van der Waals surface area (Å²) in [6, 6.07) is 22.5. The number of carbonyl (C=O) groups is 9. The molecule has 73 heavy (non-hydrogen) atoms. The van der Waals surface area contributed by atoms with Crippen LogP contribution in [0.25, 0.3) is 0 Å². The molecule has 7 atom stereocenters. The van der Waals surface area contributed by atoms with Gasteiger partial charge in [0.05, 0.1) is 12.6 Å². The number of thioether (sulfide) groups is 1. The number of thiol groups is 1. The number of para-hydroxylation sites is 1. The first-order valence-electron chi connectivity index (χ1n) is 24.6. The summed E-state index contributed by atoms with van der Waals surface area (Å²) < 4.78 is 5.23. The van der Waals surface area contributed by atoms with Crippen LogP contribution in [-0.4, -0.2) is 146 Å². The molecule has 2 fully saturated rings. The quantitative estimate of drug-likeness (QED) is 0.0650. The van der Waals surface area contributed by atoms with E-state index in [0.717, 1.165) is 34.9 Å². The largest absolute Gasteiger partial charge is 0.480 e. The van der Waals surface area contributed by atoms with Crippen molar-refractivity contribution in [2.45, 2.75) is 116 Å². The van der Waals surface area contributed by atoms with Crippen LogP contribution in [0, 0.1) is 11.8 Å². The summed E-state index contributed by atoms with van der Waals surface area (Å²) >= 11 is 5.12. The first kappa shape index (κ1) is 59.3. The molecular formula is C53H69N5O13S2. The Morgan fingerprint density at radius 2 is 1.34 bits per heavy atom. The summed E-state index contributed by atoms with van der Waals surface area (Å²) in [5, 5.41) is 33.4. The number of likely N-dealkylation sites (tertiary alicyclic amines) is 2. The first-order chi connectivity index (χ1) is 34.9. The second-order valence-corrected chi connectivity index (χ2v) is 19.7. The Bertz CT molecular complexity index is 2360. The van der Waals surface area contributed by atoms with Crippen molar-refractivity contribution >= 4 is 82.7 Å². The number of esters is 1. The molecule has 396 valence electrons. The van der Waals surface area contributed by atoms with Crippen LogP contribution in [-0.2, 0) is 67.2 Å². The van der Waals surface area contributed by atoms with Crippen molar-refractivity contribution in [3.8, 4) is 0 Å². The summed E-state index contributed by atoms with van der Waals surface area (Å²) in [6.07, 6.45) is 4.90. The van der Waals surface area contributed by atoms with E-state index < -0.39 is 66.5 Å². The molecule has 2 saturated heterocycles. The number of carbonyl (C=O) groups excluding carboxylic acids is 6. The van der Waals surface area contributed by atoms with Crippen LogP contribution in [0.4, 0.5) is 5.69 Å². The van der Waals surface area contributed by atoms with Crippen LogP contribution < -0.4 is 15.5 Å². The number of hydrogen-bond acceptors (Lipinski definition) is 13. The number of aryl methyl sites for hydroxylation is 2. The first-order valence-corrected chi connectivity index (χ1v) is 26.2. The number of fused-ring (bicyclic) bond motifs is 1. The molecular weight excluding hydrogens is 979 g/mol. The van der Waals surface area contributed by atoms with Crippen molar-refractivity contribution in [1.29, 1.82) is 0 Å². The fourth-order valence-electron chi connectivity index (χ4n) is 8.75. The van der Waals surface area contributed by atoms with E-state index in [1.165, 1.54) is 21.6 Å². The zero-order valence-electron chi connectivity index (χ0n) is 41.9. The number of benzene rings is 3. The summed E-state index contributed by atoms with van der Waals surface area (Å²) in [5.74, 6) is -4.32. The molecule has 3 aromatic rings. The maximum absolute atomic E-state index is 13.3. The van der Waals surface area contributed by atoms with E-state index in [-0.39, 0.29) is 47.7 Å². The van der Waals surface area contributed by atoms with Gasteiger partial charge in [-0.15, -0.1) is 0 Å². The summed E-state index contributed by atoms with van der Waals surface area (Å²) in [4.78, 5) is 112. The Balaban J connectivity index is 0.000000253. The number of ether oxygens (including phenoxy) is 1. The topological polar surface area (TPSA) is 257 Å². The molecule has 3 aliphatic rings. The Morgan fingerprint density at radius 3 is 1.92 bits per heavy atom. The summed E-state index contributed by atoms with van der Waals surface area (Å²) in [6.45, 7) is 7.55. The summed E-state index contributed by atoms with van der Waals surface area (Å²) in [5.41, 5.74) is 3.42. The van der Waals surface area contributed by atoms with Crippen molar-refractivity contribution in [2.24, 2.45) is 11.8 Å². The standard InChI is InChI=1S/C24H28N2O5.C20H26N2O5S.C9H15NO3S/c1-2-31-24(30)20(14-12-17-8-4-3-5-9-17)25-19-15-13-18-10-6-7-11-21(18)26(23(19)29)16-22(27)28;1-13(12-28-14(2)23)19(25)22-10-6-9-17(22)18(24)21-16(20(26)27)11-15-7-4-3-5-8-15;1-6(5-14)8(11)10-4-2-3-7(10)9(12)13/h3-11,19-20,25H,2,12-16H2,1H3,(H,27,28);3-5,7-8,13,16-17H,6,9-12H2,1-2H3,(H,21,24)(H,26,27);6-7,14H,2-5H2,1H3,(H,12,13)/t19-,20-;13-,16+,17+;6-,7+/m011/s1.